The van der Waals surface area contributed by atoms with Crippen molar-refractivity contribution in [1.82, 2.24) is 19.2 Å². The molecule has 11 heteroatoms. The van der Waals surface area contributed by atoms with Crippen molar-refractivity contribution in [3.05, 3.63) is 45.2 Å². The predicted octanol–water partition coefficient (Wildman–Crippen LogP) is 1.19. The van der Waals surface area contributed by atoms with Gasteiger partial charge in [0, 0.05) is 45.5 Å². The number of thiocarbonyl (C=S) groups is 1. The van der Waals surface area contributed by atoms with E-state index in [2.05, 4.69) is 9.80 Å². The standard InChI is InChI=1S/C23H27N5O4S2/c29-12-11-25-7-9-26(10-8-25)20-17(21(30)27-6-2-1-5-19(27)24-20)14-18-22(31)28(23(33)34-18)15-16-4-3-13-32-16/h1-2,5-6,14,16,29H,3-4,7-13,15H2/b18-14-/t16-/m0/s1. The zero-order valence-corrected chi connectivity index (χ0v) is 20.4. The van der Waals surface area contributed by atoms with Crippen LogP contribution >= 0.6 is 24.0 Å². The van der Waals surface area contributed by atoms with Crippen LogP contribution in [-0.4, -0.2) is 93.1 Å². The minimum absolute atomic E-state index is 0.000544. The molecule has 3 aliphatic heterocycles. The molecule has 2 aromatic rings. The Bertz CT molecular complexity index is 1190. The van der Waals surface area contributed by atoms with E-state index in [0.29, 0.717) is 59.0 Å². The zero-order chi connectivity index (χ0) is 23.7. The van der Waals surface area contributed by atoms with Crippen molar-refractivity contribution < 1.29 is 14.6 Å². The van der Waals surface area contributed by atoms with E-state index >= 15 is 0 Å². The van der Waals surface area contributed by atoms with Gasteiger partial charge in [0.1, 0.15) is 15.8 Å². The number of anilines is 1. The highest BCUT2D eigenvalue weighted by Gasteiger charge is 2.35. The first-order chi connectivity index (χ1) is 16.5. The number of hydrogen-bond acceptors (Lipinski definition) is 9. The number of aromatic nitrogens is 2. The van der Waals surface area contributed by atoms with E-state index in [1.165, 1.54) is 16.2 Å². The Labute approximate surface area is 207 Å². The Morgan fingerprint density at radius 2 is 2.06 bits per heavy atom. The molecule has 180 valence electrons. The second kappa shape index (κ2) is 10.1. The number of rotatable bonds is 6. The number of fused-ring (bicyclic) bond motifs is 1. The topological polar surface area (TPSA) is 90.6 Å². The summed E-state index contributed by atoms with van der Waals surface area (Å²) in [6, 6.07) is 5.44. The lowest BCUT2D eigenvalue weighted by molar-refractivity contribution is -0.123. The molecule has 1 N–H and O–H groups in total. The number of β-amino-alcohol motifs (C(OH)–C–C–N with tert-alkyl or cyclic N) is 1. The third kappa shape index (κ3) is 4.63. The summed E-state index contributed by atoms with van der Waals surface area (Å²) in [5, 5.41) is 9.24. The van der Waals surface area contributed by atoms with Crippen LogP contribution in [0, 0.1) is 0 Å². The quantitative estimate of drug-likeness (QED) is 0.463. The van der Waals surface area contributed by atoms with Gasteiger partial charge in [0.05, 0.1) is 29.7 Å². The van der Waals surface area contributed by atoms with Gasteiger partial charge in [-0.25, -0.2) is 4.98 Å². The van der Waals surface area contributed by atoms with Crippen molar-refractivity contribution in [2.24, 2.45) is 0 Å². The summed E-state index contributed by atoms with van der Waals surface area (Å²) in [5.74, 6) is 0.381. The number of thioether (sulfide) groups is 1. The van der Waals surface area contributed by atoms with Crippen molar-refractivity contribution in [2.45, 2.75) is 18.9 Å². The Hall–Kier alpha value is -2.31. The maximum Gasteiger partial charge on any atom is 0.267 e. The summed E-state index contributed by atoms with van der Waals surface area (Å²) in [7, 11) is 0. The molecule has 3 fully saturated rings. The van der Waals surface area contributed by atoms with Gasteiger partial charge >= 0.3 is 0 Å². The van der Waals surface area contributed by atoms with E-state index in [9.17, 15) is 14.7 Å². The molecule has 0 bridgehead atoms. The second-order valence-electron chi connectivity index (χ2n) is 8.56. The van der Waals surface area contributed by atoms with Crippen LogP contribution in [-0.2, 0) is 9.53 Å². The van der Waals surface area contributed by atoms with Crippen LogP contribution in [0.2, 0.25) is 0 Å². The molecule has 0 aromatic carbocycles. The number of aliphatic hydroxyl groups excluding tert-OH is 1. The molecule has 34 heavy (non-hydrogen) atoms. The van der Waals surface area contributed by atoms with E-state index in [4.69, 9.17) is 21.9 Å². The number of nitrogens with zero attached hydrogens (tertiary/aromatic N) is 5. The highest BCUT2D eigenvalue weighted by molar-refractivity contribution is 8.26. The molecule has 2 aromatic heterocycles. The van der Waals surface area contributed by atoms with E-state index in [-0.39, 0.29) is 24.2 Å². The van der Waals surface area contributed by atoms with Crippen molar-refractivity contribution >= 4 is 51.7 Å². The summed E-state index contributed by atoms with van der Waals surface area (Å²) in [4.78, 5) is 37.8. The summed E-state index contributed by atoms with van der Waals surface area (Å²) in [6.45, 7) is 4.78. The summed E-state index contributed by atoms with van der Waals surface area (Å²) in [6.07, 6.45) is 5.25. The van der Waals surface area contributed by atoms with E-state index in [0.717, 1.165) is 25.9 Å². The fraction of sp³-hybridized carbons (Fsp3) is 0.478. The maximum absolute atomic E-state index is 13.5. The number of carbonyl (C=O) groups is 1. The van der Waals surface area contributed by atoms with Crippen LogP contribution in [0.25, 0.3) is 11.7 Å². The Morgan fingerprint density at radius 3 is 2.79 bits per heavy atom. The van der Waals surface area contributed by atoms with Crippen molar-refractivity contribution in [3.63, 3.8) is 0 Å². The third-order valence-corrected chi connectivity index (χ3v) is 7.77. The van der Waals surface area contributed by atoms with Gasteiger partial charge < -0.3 is 14.7 Å². The number of hydrogen-bond donors (Lipinski definition) is 1. The average Bonchev–Trinajstić information content (AvgIpc) is 3.45. The SMILES string of the molecule is O=C1/C(=C/c2c(N3CCN(CCO)CC3)nc3ccccn3c2=O)SC(=S)N1C[C@@H]1CCCO1. The Kier molecular flexibility index (Phi) is 6.98. The number of amides is 1. The number of ether oxygens (including phenoxy) is 1. The van der Waals surface area contributed by atoms with Gasteiger partial charge in [0.2, 0.25) is 0 Å². The lowest BCUT2D eigenvalue weighted by atomic mass is 10.2. The Morgan fingerprint density at radius 1 is 1.24 bits per heavy atom. The predicted molar refractivity (Wildman–Crippen MR) is 136 cm³/mol. The van der Waals surface area contributed by atoms with Crippen molar-refractivity contribution in [1.29, 1.82) is 0 Å². The van der Waals surface area contributed by atoms with Gasteiger partial charge in [-0.1, -0.05) is 30.0 Å². The van der Waals surface area contributed by atoms with Crippen LogP contribution in [0.3, 0.4) is 0 Å². The van der Waals surface area contributed by atoms with Crippen molar-refractivity contribution in [3.8, 4) is 0 Å². The van der Waals surface area contributed by atoms with Gasteiger partial charge in [-0.05, 0) is 31.1 Å². The second-order valence-corrected chi connectivity index (χ2v) is 10.2. The molecule has 9 nitrogen and oxygen atoms in total. The van der Waals surface area contributed by atoms with Gasteiger partial charge in [0.15, 0.2) is 0 Å². The molecule has 0 unspecified atom stereocenters. The van der Waals surface area contributed by atoms with Gasteiger partial charge in [-0.2, -0.15) is 0 Å². The monoisotopic (exact) mass is 501 g/mol. The fourth-order valence-corrected chi connectivity index (χ4v) is 5.82. The number of piperazine rings is 1. The van der Waals surface area contributed by atoms with Crippen LogP contribution in [0.15, 0.2) is 34.1 Å². The van der Waals surface area contributed by atoms with Crippen LogP contribution in [0.4, 0.5) is 5.82 Å². The molecule has 5 rings (SSSR count). The fourth-order valence-electron chi connectivity index (χ4n) is 4.56. The average molecular weight is 502 g/mol. The molecular formula is C23H27N5O4S2. The smallest absolute Gasteiger partial charge is 0.267 e. The highest BCUT2D eigenvalue weighted by Crippen LogP contribution is 2.34. The van der Waals surface area contributed by atoms with Crippen molar-refractivity contribution in [2.75, 3.05) is 57.4 Å². The number of pyridine rings is 1. The summed E-state index contributed by atoms with van der Waals surface area (Å²) < 4.78 is 7.68. The van der Waals surface area contributed by atoms with Crippen LogP contribution in [0.5, 0.6) is 0 Å². The third-order valence-electron chi connectivity index (χ3n) is 6.40. The molecule has 3 saturated heterocycles. The molecule has 3 aliphatic rings. The molecule has 5 heterocycles. The summed E-state index contributed by atoms with van der Waals surface area (Å²) in [5.41, 5.74) is 0.725. The number of carbonyl (C=O) groups excluding carboxylic acids is 1. The van der Waals surface area contributed by atoms with E-state index < -0.39 is 0 Å². The van der Waals surface area contributed by atoms with E-state index in [1.807, 2.05) is 6.07 Å². The normalized spacial score (nSPS) is 23.1. The zero-order valence-electron chi connectivity index (χ0n) is 18.8. The molecular weight excluding hydrogens is 474 g/mol. The molecule has 1 atom stereocenters. The molecule has 0 spiro atoms. The first-order valence-electron chi connectivity index (χ1n) is 11.5. The minimum Gasteiger partial charge on any atom is -0.395 e. The Balaban J connectivity index is 1.49. The lowest BCUT2D eigenvalue weighted by Gasteiger charge is -2.35. The molecule has 0 aliphatic carbocycles. The van der Waals surface area contributed by atoms with Gasteiger partial charge in [-0.15, -0.1) is 0 Å². The maximum atomic E-state index is 13.5. The first-order valence-corrected chi connectivity index (χ1v) is 12.7. The molecule has 0 saturated carbocycles. The molecule has 1 amide bonds. The largest absolute Gasteiger partial charge is 0.395 e. The highest BCUT2D eigenvalue weighted by atomic mass is 32.2. The first kappa shape index (κ1) is 23.4. The van der Waals surface area contributed by atoms with E-state index in [1.54, 1.807) is 29.3 Å². The lowest BCUT2D eigenvalue weighted by Crippen LogP contribution is -2.48. The molecule has 0 radical (unpaired) electrons. The summed E-state index contributed by atoms with van der Waals surface area (Å²) >= 11 is 6.71. The van der Waals surface area contributed by atoms with Crippen LogP contribution in [0.1, 0.15) is 18.4 Å². The minimum atomic E-state index is -0.220. The van der Waals surface area contributed by atoms with Crippen LogP contribution < -0.4 is 10.5 Å². The van der Waals surface area contributed by atoms with Gasteiger partial charge in [0.25, 0.3) is 11.5 Å². The van der Waals surface area contributed by atoms with Gasteiger partial charge in [-0.3, -0.25) is 23.8 Å². The number of aliphatic hydroxyl groups is 1.